The Labute approximate surface area is 119 Å². The van der Waals surface area contributed by atoms with Crippen LogP contribution in [0.5, 0.6) is 5.75 Å². The molecule has 20 heavy (non-hydrogen) atoms. The van der Waals surface area contributed by atoms with E-state index >= 15 is 0 Å². The summed E-state index contributed by atoms with van der Waals surface area (Å²) >= 11 is 0. The molecule has 0 radical (unpaired) electrons. The largest absolute Gasteiger partial charge is 0.497 e. The molecule has 0 aliphatic carbocycles. The molecule has 2 rings (SSSR count). The monoisotopic (exact) mass is 282 g/mol. The van der Waals surface area contributed by atoms with Gasteiger partial charge in [0.15, 0.2) is 0 Å². The highest BCUT2D eigenvalue weighted by atomic mass is 19.1. The van der Waals surface area contributed by atoms with Crippen LogP contribution in [0.3, 0.4) is 0 Å². The van der Waals surface area contributed by atoms with E-state index in [4.69, 9.17) is 9.84 Å². The van der Waals surface area contributed by atoms with E-state index in [9.17, 15) is 4.39 Å². The second-order valence-electron chi connectivity index (χ2n) is 5.06. The van der Waals surface area contributed by atoms with Gasteiger partial charge in [0, 0.05) is 50.5 Å². The second kappa shape index (κ2) is 7.57. The summed E-state index contributed by atoms with van der Waals surface area (Å²) in [5, 5.41) is 12.4. The van der Waals surface area contributed by atoms with Crippen molar-refractivity contribution in [1.29, 1.82) is 0 Å². The minimum absolute atomic E-state index is 0.0233. The van der Waals surface area contributed by atoms with Crippen LogP contribution in [0.1, 0.15) is 24.4 Å². The highest BCUT2D eigenvalue weighted by molar-refractivity contribution is 5.31. The number of rotatable bonds is 6. The molecule has 0 spiro atoms. The van der Waals surface area contributed by atoms with Crippen molar-refractivity contribution in [2.75, 3.05) is 39.9 Å². The van der Waals surface area contributed by atoms with Crippen LogP contribution in [0, 0.1) is 5.82 Å². The molecule has 1 aliphatic rings. The normalized spacial score (nSPS) is 17.9. The molecule has 0 saturated carbocycles. The summed E-state index contributed by atoms with van der Waals surface area (Å²) in [6.07, 6.45) is 1.44. The first-order chi connectivity index (χ1) is 9.76. The van der Waals surface area contributed by atoms with Crippen LogP contribution in [0.2, 0.25) is 0 Å². The Kier molecular flexibility index (Phi) is 5.76. The number of hydrogen-bond donors (Lipinski definition) is 2. The van der Waals surface area contributed by atoms with Gasteiger partial charge in [-0.05, 0) is 18.9 Å². The fourth-order valence-corrected chi connectivity index (χ4v) is 2.72. The zero-order valence-corrected chi connectivity index (χ0v) is 11.9. The summed E-state index contributed by atoms with van der Waals surface area (Å²) in [7, 11) is 1.54. The number of hydrogen-bond acceptors (Lipinski definition) is 4. The Morgan fingerprint density at radius 1 is 1.40 bits per heavy atom. The summed E-state index contributed by atoms with van der Waals surface area (Å²) in [6.45, 7) is 3.80. The Bertz CT molecular complexity index is 422. The summed E-state index contributed by atoms with van der Waals surface area (Å²) in [6, 6.07) is 5.06. The number of benzene rings is 1. The van der Waals surface area contributed by atoms with Gasteiger partial charge in [0.1, 0.15) is 11.6 Å². The zero-order chi connectivity index (χ0) is 14.4. The van der Waals surface area contributed by atoms with E-state index in [1.807, 2.05) is 0 Å². The highest BCUT2D eigenvalue weighted by Crippen LogP contribution is 2.30. The van der Waals surface area contributed by atoms with E-state index in [0.717, 1.165) is 32.6 Å². The molecule has 1 aromatic carbocycles. The van der Waals surface area contributed by atoms with Crippen LogP contribution in [0.15, 0.2) is 18.2 Å². The SMILES string of the molecule is COc1ccc([C@@H](CCCO)N2CCNCC2)c(F)c1. The van der Waals surface area contributed by atoms with Crippen molar-refractivity contribution < 1.29 is 14.2 Å². The minimum atomic E-state index is -0.231. The molecule has 0 unspecified atom stereocenters. The van der Waals surface area contributed by atoms with Gasteiger partial charge in [0.25, 0.3) is 0 Å². The smallest absolute Gasteiger partial charge is 0.131 e. The number of piperazine rings is 1. The van der Waals surface area contributed by atoms with Gasteiger partial charge < -0.3 is 15.2 Å². The zero-order valence-electron chi connectivity index (χ0n) is 11.9. The summed E-state index contributed by atoms with van der Waals surface area (Å²) in [5.74, 6) is 0.304. The Morgan fingerprint density at radius 3 is 2.75 bits per heavy atom. The average molecular weight is 282 g/mol. The molecule has 0 bridgehead atoms. The van der Waals surface area contributed by atoms with Gasteiger partial charge >= 0.3 is 0 Å². The Balaban J connectivity index is 2.20. The molecule has 1 fully saturated rings. The third kappa shape index (κ3) is 3.69. The number of nitrogens with zero attached hydrogens (tertiary/aromatic N) is 1. The molecule has 2 N–H and O–H groups in total. The van der Waals surface area contributed by atoms with Crippen molar-refractivity contribution in [2.24, 2.45) is 0 Å². The fraction of sp³-hybridized carbons (Fsp3) is 0.600. The number of halogens is 1. The summed E-state index contributed by atoms with van der Waals surface area (Å²) in [5.41, 5.74) is 0.696. The molecule has 0 amide bonds. The third-order valence-electron chi connectivity index (χ3n) is 3.79. The van der Waals surface area contributed by atoms with Gasteiger partial charge in [0.2, 0.25) is 0 Å². The molecular weight excluding hydrogens is 259 g/mol. The predicted molar refractivity (Wildman–Crippen MR) is 76.5 cm³/mol. The molecule has 1 heterocycles. The lowest BCUT2D eigenvalue weighted by atomic mass is 9.99. The van der Waals surface area contributed by atoms with Crippen LogP contribution in [0.25, 0.3) is 0 Å². The maximum Gasteiger partial charge on any atom is 0.131 e. The van der Waals surface area contributed by atoms with Gasteiger partial charge in [-0.25, -0.2) is 4.39 Å². The quantitative estimate of drug-likeness (QED) is 0.831. The minimum Gasteiger partial charge on any atom is -0.497 e. The highest BCUT2D eigenvalue weighted by Gasteiger charge is 2.24. The standard InChI is InChI=1S/C15H23FN2O2/c1-20-12-4-5-13(14(16)11-12)15(3-2-10-19)18-8-6-17-7-9-18/h4-5,11,15,17,19H,2-3,6-10H2,1H3/t15-/m1/s1. The molecule has 112 valence electrons. The van der Waals surface area contributed by atoms with Crippen LogP contribution in [0.4, 0.5) is 4.39 Å². The van der Waals surface area contributed by atoms with Crippen molar-refractivity contribution in [3.05, 3.63) is 29.6 Å². The van der Waals surface area contributed by atoms with Gasteiger partial charge in [0.05, 0.1) is 7.11 Å². The van der Waals surface area contributed by atoms with Gasteiger partial charge in [-0.15, -0.1) is 0 Å². The first-order valence-electron chi connectivity index (χ1n) is 7.15. The van der Waals surface area contributed by atoms with Crippen LogP contribution < -0.4 is 10.1 Å². The maximum absolute atomic E-state index is 14.3. The van der Waals surface area contributed by atoms with Crippen molar-refractivity contribution in [1.82, 2.24) is 10.2 Å². The molecule has 1 saturated heterocycles. The van der Waals surface area contributed by atoms with Crippen LogP contribution in [-0.4, -0.2) is 49.9 Å². The number of aliphatic hydroxyl groups is 1. The first-order valence-corrected chi connectivity index (χ1v) is 7.15. The number of nitrogens with one attached hydrogen (secondary N) is 1. The lowest BCUT2D eigenvalue weighted by Crippen LogP contribution is -2.45. The van der Waals surface area contributed by atoms with Gasteiger partial charge in [-0.2, -0.15) is 0 Å². The van der Waals surface area contributed by atoms with Crippen molar-refractivity contribution in [3.8, 4) is 5.75 Å². The first kappa shape index (κ1) is 15.2. The predicted octanol–water partition coefficient (Wildman–Crippen LogP) is 1.55. The molecule has 0 aromatic heterocycles. The van der Waals surface area contributed by atoms with E-state index in [1.165, 1.54) is 13.2 Å². The van der Waals surface area contributed by atoms with E-state index in [2.05, 4.69) is 10.2 Å². The Hall–Kier alpha value is -1.17. The summed E-state index contributed by atoms with van der Waals surface area (Å²) in [4.78, 5) is 2.29. The number of ether oxygens (including phenoxy) is 1. The van der Waals surface area contributed by atoms with E-state index in [1.54, 1.807) is 12.1 Å². The molecule has 1 aromatic rings. The topological polar surface area (TPSA) is 44.7 Å². The third-order valence-corrected chi connectivity index (χ3v) is 3.79. The van der Waals surface area contributed by atoms with Gasteiger partial charge in [-0.1, -0.05) is 6.07 Å². The molecular formula is C15H23FN2O2. The fourth-order valence-electron chi connectivity index (χ4n) is 2.72. The number of aliphatic hydroxyl groups excluding tert-OH is 1. The lowest BCUT2D eigenvalue weighted by molar-refractivity contribution is 0.151. The van der Waals surface area contributed by atoms with Crippen molar-refractivity contribution in [3.63, 3.8) is 0 Å². The van der Waals surface area contributed by atoms with E-state index in [-0.39, 0.29) is 18.5 Å². The summed E-state index contributed by atoms with van der Waals surface area (Å²) < 4.78 is 19.3. The van der Waals surface area contributed by atoms with Crippen LogP contribution >= 0.6 is 0 Å². The average Bonchev–Trinajstić information content (AvgIpc) is 2.50. The van der Waals surface area contributed by atoms with E-state index < -0.39 is 0 Å². The van der Waals surface area contributed by atoms with Gasteiger partial charge in [-0.3, -0.25) is 4.90 Å². The lowest BCUT2D eigenvalue weighted by Gasteiger charge is -2.35. The number of methoxy groups -OCH3 is 1. The molecule has 1 atom stereocenters. The molecule has 5 heteroatoms. The second-order valence-corrected chi connectivity index (χ2v) is 5.06. The maximum atomic E-state index is 14.3. The van der Waals surface area contributed by atoms with Crippen molar-refractivity contribution in [2.45, 2.75) is 18.9 Å². The van der Waals surface area contributed by atoms with Crippen molar-refractivity contribution >= 4 is 0 Å². The van der Waals surface area contributed by atoms with E-state index in [0.29, 0.717) is 17.7 Å². The Morgan fingerprint density at radius 2 is 2.15 bits per heavy atom. The molecule has 4 nitrogen and oxygen atoms in total. The van der Waals surface area contributed by atoms with Crippen LogP contribution in [-0.2, 0) is 0 Å². The molecule has 1 aliphatic heterocycles.